The average molecular weight is 715 g/mol. The number of para-hydroxylation sites is 1. The molecule has 1 amide bonds. The quantitative estimate of drug-likeness (QED) is 0.245. The summed E-state index contributed by atoms with van der Waals surface area (Å²) < 4.78 is 53.3. The van der Waals surface area contributed by atoms with Crippen molar-refractivity contribution in [3.8, 4) is 16.5 Å². The number of aromatic nitrogens is 3. The molecule has 3 aromatic heterocycles. The minimum atomic E-state index is -4.17. The largest absolute Gasteiger partial charge is 0.496 e. The maximum atomic E-state index is 14.7. The first-order chi connectivity index (χ1) is 23.0. The molecule has 1 aromatic carbocycles. The summed E-state index contributed by atoms with van der Waals surface area (Å²) in [5.41, 5.74) is -2.27. The number of amides is 1. The van der Waals surface area contributed by atoms with E-state index in [-0.39, 0.29) is 36.1 Å². The molecule has 2 bridgehead atoms. The van der Waals surface area contributed by atoms with Gasteiger partial charge in [0.1, 0.15) is 28.5 Å². The third-order valence-electron chi connectivity index (χ3n) is 9.42. The van der Waals surface area contributed by atoms with Crippen molar-refractivity contribution in [2.45, 2.75) is 108 Å². The number of carbonyl (C=O) groups is 1. The van der Waals surface area contributed by atoms with Gasteiger partial charge in [-0.05, 0) is 78.9 Å². The van der Waals surface area contributed by atoms with Gasteiger partial charge in [0.15, 0.2) is 0 Å². The minimum Gasteiger partial charge on any atom is -0.496 e. The lowest BCUT2D eigenvalue weighted by atomic mass is 10.0. The average Bonchev–Trinajstić information content (AvgIpc) is 3.77. The summed E-state index contributed by atoms with van der Waals surface area (Å²) in [5.74, 6) is -0.189. The number of thiophene rings is 1. The lowest BCUT2D eigenvalue weighted by Gasteiger charge is -2.33. The Morgan fingerprint density at radius 1 is 1.12 bits per heavy atom. The van der Waals surface area contributed by atoms with Gasteiger partial charge in [0, 0.05) is 5.56 Å². The summed E-state index contributed by atoms with van der Waals surface area (Å²) in [5, 5.41) is 0.181. The molecular formula is C34H42N4O9S2. The van der Waals surface area contributed by atoms with Crippen LogP contribution in [-0.4, -0.2) is 58.6 Å². The van der Waals surface area contributed by atoms with E-state index < -0.39 is 43.6 Å². The molecule has 0 aliphatic carbocycles. The standard InChI is InChI=1S/C34H42N4O9S2/c1-19-26-29(39)38(34(5,6)31(40)36-49(42,43)33(2,3)4)32(41)37(30(26)48-27(19)28-35-14-15-45-28)18-25(23-10-8-9-11-24(23)44-7)47-22-16-20-12-13-21(17-22)46-20/h8-11,14-15,20-22,25H,12-13,16-18H2,1-7H3,(H,36,40)/t20-,21+,22?,25-/m0/s1. The van der Waals surface area contributed by atoms with Crippen molar-refractivity contribution in [3.05, 3.63) is 68.7 Å². The van der Waals surface area contributed by atoms with Crippen LogP contribution in [0, 0.1) is 6.92 Å². The van der Waals surface area contributed by atoms with E-state index in [2.05, 4.69) is 9.71 Å². The van der Waals surface area contributed by atoms with Gasteiger partial charge < -0.3 is 18.6 Å². The van der Waals surface area contributed by atoms with Gasteiger partial charge in [0.2, 0.25) is 15.9 Å². The zero-order valence-corrected chi connectivity index (χ0v) is 30.3. The fourth-order valence-electron chi connectivity index (χ4n) is 6.51. The molecule has 4 aromatic rings. The Bertz CT molecular complexity index is 2100. The fraction of sp³-hybridized carbons (Fsp3) is 0.529. The molecule has 2 aliphatic rings. The molecule has 6 rings (SSSR count). The van der Waals surface area contributed by atoms with Crippen LogP contribution in [0.4, 0.5) is 0 Å². The number of nitrogens with one attached hydrogen (secondary N) is 1. The molecule has 0 saturated carbocycles. The van der Waals surface area contributed by atoms with Crippen LogP contribution in [0.1, 0.15) is 77.5 Å². The second-order valence-corrected chi connectivity index (χ2v) is 17.6. The normalized spacial score (nSPS) is 20.4. The highest BCUT2D eigenvalue weighted by atomic mass is 32.2. The third kappa shape index (κ3) is 6.37. The van der Waals surface area contributed by atoms with Crippen LogP contribution in [0.3, 0.4) is 0 Å². The molecule has 5 heterocycles. The van der Waals surface area contributed by atoms with Crippen molar-refractivity contribution >= 4 is 37.5 Å². The Balaban J connectivity index is 1.54. The number of ether oxygens (including phenoxy) is 3. The number of rotatable bonds is 10. The highest BCUT2D eigenvalue weighted by molar-refractivity contribution is 7.91. The van der Waals surface area contributed by atoms with Crippen LogP contribution in [0.25, 0.3) is 21.0 Å². The van der Waals surface area contributed by atoms with Crippen molar-refractivity contribution in [2.75, 3.05) is 7.11 Å². The summed E-state index contributed by atoms with van der Waals surface area (Å²) in [6.07, 6.45) is 5.58. The Morgan fingerprint density at radius 2 is 1.80 bits per heavy atom. The van der Waals surface area contributed by atoms with Crippen molar-refractivity contribution in [1.82, 2.24) is 18.8 Å². The summed E-state index contributed by atoms with van der Waals surface area (Å²) in [6, 6.07) is 7.40. The molecular weight excluding hydrogens is 673 g/mol. The monoisotopic (exact) mass is 714 g/mol. The Hall–Kier alpha value is -3.79. The molecule has 1 unspecified atom stereocenters. The van der Waals surface area contributed by atoms with Gasteiger partial charge in [0.05, 0.1) is 53.2 Å². The number of hydrogen-bond acceptors (Lipinski definition) is 11. The number of oxazole rings is 1. The molecule has 49 heavy (non-hydrogen) atoms. The van der Waals surface area contributed by atoms with Gasteiger partial charge in [-0.3, -0.25) is 18.9 Å². The summed E-state index contributed by atoms with van der Waals surface area (Å²) in [4.78, 5) is 48.0. The summed E-state index contributed by atoms with van der Waals surface area (Å²) in [7, 11) is -2.61. The van der Waals surface area contributed by atoms with Crippen molar-refractivity contribution < 1.29 is 31.8 Å². The topological polar surface area (TPSA) is 161 Å². The number of methoxy groups -OCH3 is 1. The highest BCUT2D eigenvalue weighted by Gasteiger charge is 2.41. The minimum absolute atomic E-state index is 0.0500. The van der Waals surface area contributed by atoms with Gasteiger partial charge >= 0.3 is 5.69 Å². The van der Waals surface area contributed by atoms with Crippen LogP contribution in [-0.2, 0) is 36.4 Å². The predicted octanol–water partition coefficient (Wildman–Crippen LogP) is 4.64. The number of benzene rings is 1. The fourth-order valence-corrected chi connectivity index (χ4v) is 8.55. The maximum absolute atomic E-state index is 14.7. The lowest BCUT2D eigenvalue weighted by molar-refractivity contribution is -0.126. The third-order valence-corrected chi connectivity index (χ3v) is 12.8. The van der Waals surface area contributed by atoms with Gasteiger partial charge in [-0.25, -0.2) is 22.8 Å². The molecule has 13 nitrogen and oxygen atoms in total. The molecule has 264 valence electrons. The smallest absolute Gasteiger partial charge is 0.333 e. The number of fused-ring (bicyclic) bond motifs is 3. The molecule has 0 spiro atoms. The van der Waals surface area contributed by atoms with E-state index >= 15 is 0 Å². The zero-order valence-electron chi connectivity index (χ0n) is 28.6. The number of hydrogen-bond donors (Lipinski definition) is 1. The molecule has 4 atom stereocenters. The summed E-state index contributed by atoms with van der Waals surface area (Å²) in [6.45, 7) is 8.71. The van der Waals surface area contributed by atoms with E-state index in [1.165, 1.54) is 63.0 Å². The van der Waals surface area contributed by atoms with Gasteiger partial charge in [0.25, 0.3) is 11.5 Å². The second kappa shape index (κ2) is 12.8. The van der Waals surface area contributed by atoms with Gasteiger partial charge in [-0.15, -0.1) is 11.3 Å². The Morgan fingerprint density at radius 3 is 2.41 bits per heavy atom. The Labute approximate surface area is 288 Å². The predicted molar refractivity (Wildman–Crippen MR) is 184 cm³/mol. The van der Waals surface area contributed by atoms with Crippen LogP contribution in [0.15, 0.2) is 50.7 Å². The maximum Gasteiger partial charge on any atom is 0.333 e. The first-order valence-electron chi connectivity index (χ1n) is 16.2. The van der Waals surface area contributed by atoms with E-state index in [4.69, 9.17) is 18.6 Å². The number of sulfonamides is 1. The van der Waals surface area contributed by atoms with Crippen LogP contribution in [0.5, 0.6) is 5.75 Å². The molecule has 1 N–H and O–H groups in total. The first kappa shape index (κ1) is 35.1. The van der Waals surface area contributed by atoms with Crippen molar-refractivity contribution in [1.29, 1.82) is 0 Å². The van der Waals surface area contributed by atoms with Crippen LogP contribution < -0.4 is 20.7 Å². The van der Waals surface area contributed by atoms with E-state index in [0.29, 0.717) is 39.4 Å². The highest BCUT2D eigenvalue weighted by Crippen LogP contribution is 2.40. The van der Waals surface area contributed by atoms with E-state index in [9.17, 15) is 22.8 Å². The van der Waals surface area contributed by atoms with Crippen LogP contribution in [0.2, 0.25) is 0 Å². The second-order valence-electron chi connectivity index (χ2n) is 14.1. The SMILES string of the molecule is COc1ccccc1[C@H](Cn1c(=O)n(C(C)(C)C(=O)NS(=O)(=O)C(C)(C)C)c(=O)c2c(C)c(-c3ncco3)sc21)OC1C[C@H]2CC[C@@H](C1)O2. The summed E-state index contributed by atoms with van der Waals surface area (Å²) >= 11 is 1.17. The van der Waals surface area contributed by atoms with E-state index in [0.717, 1.165) is 17.4 Å². The lowest BCUT2D eigenvalue weighted by Crippen LogP contribution is -2.58. The number of aryl methyl sites for hydroxylation is 1. The number of nitrogens with zero attached hydrogens (tertiary/aromatic N) is 3. The van der Waals surface area contributed by atoms with Crippen LogP contribution >= 0.6 is 11.3 Å². The number of carbonyl (C=O) groups excluding carboxylic acids is 1. The molecule has 2 saturated heterocycles. The van der Waals surface area contributed by atoms with Crippen molar-refractivity contribution in [3.63, 3.8) is 0 Å². The molecule has 15 heteroatoms. The van der Waals surface area contributed by atoms with Gasteiger partial charge in [-0.2, -0.15) is 0 Å². The van der Waals surface area contributed by atoms with E-state index in [1.807, 2.05) is 24.3 Å². The zero-order chi connectivity index (χ0) is 35.5. The van der Waals surface area contributed by atoms with Gasteiger partial charge in [-0.1, -0.05) is 18.2 Å². The first-order valence-corrected chi connectivity index (χ1v) is 18.5. The molecule has 2 aliphatic heterocycles. The van der Waals surface area contributed by atoms with E-state index in [1.54, 1.807) is 14.0 Å². The van der Waals surface area contributed by atoms with Crippen molar-refractivity contribution in [2.24, 2.45) is 0 Å². The molecule has 2 fully saturated rings. The Kier molecular flexibility index (Phi) is 9.18. The molecule has 0 radical (unpaired) electrons.